The van der Waals surface area contributed by atoms with E-state index >= 15 is 0 Å². The normalized spacial score (nSPS) is 48.7. The van der Waals surface area contributed by atoms with Gasteiger partial charge in [0.05, 0.1) is 11.5 Å². The number of allylic oxidation sites excluding steroid dienone is 1. The molecule has 0 radical (unpaired) electrons. The zero-order valence-corrected chi connectivity index (χ0v) is 32.8. The van der Waals surface area contributed by atoms with Crippen LogP contribution in [-0.4, -0.2) is 71.6 Å². The van der Waals surface area contributed by atoms with E-state index in [4.69, 9.17) is 0 Å². The van der Waals surface area contributed by atoms with Gasteiger partial charge in [0.15, 0.2) is 0 Å². The topological polar surface area (TPSA) is 72.9 Å². The largest absolute Gasteiger partial charge is 0.393 e. The van der Waals surface area contributed by atoms with Crippen LogP contribution in [0.15, 0.2) is 12.2 Å². The molecule has 1 heterocycles. The Hall–Kier alpha value is -1.40. The van der Waals surface area contributed by atoms with Gasteiger partial charge >= 0.3 is 0 Å². The number of carbonyl (C=O) groups is 2. The highest BCUT2D eigenvalue weighted by atomic mass is 16.3. The SMILES string of the molecule is C=C(C)[C@@H]1CC[C@]2(C(=O)N[C@H]3C[C@@H](C(=O)N4CCN(CC)CC4)C3(C)C)CC[C@]3(C)[C@H](CC[C@@H]4[C@@]5(C)CC[C@H](O)C(C)(C)[C@@H]5CC[C@]43C)[C@@H]12. The van der Waals surface area contributed by atoms with E-state index < -0.39 is 0 Å². The molecule has 0 spiro atoms. The van der Waals surface area contributed by atoms with E-state index in [1.54, 1.807) is 0 Å². The van der Waals surface area contributed by atoms with Crippen LogP contribution >= 0.6 is 0 Å². The average molecular weight is 678 g/mol. The first kappa shape index (κ1) is 36.0. The van der Waals surface area contributed by atoms with E-state index in [1.807, 2.05) is 0 Å². The van der Waals surface area contributed by atoms with Crippen LogP contribution < -0.4 is 5.32 Å². The summed E-state index contributed by atoms with van der Waals surface area (Å²) in [5.74, 6) is 3.05. The Labute approximate surface area is 299 Å². The van der Waals surface area contributed by atoms with Crippen LogP contribution in [0, 0.1) is 68.0 Å². The maximum absolute atomic E-state index is 14.9. The van der Waals surface area contributed by atoms with E-state index in [2.05, 4.69) is 84.0 Å². The third kappa shape index (κ3) is 4.90. The van der Waals surface area contributed by atoms with E-state index in [-0.39, 0.29) is 56.5 Å². The summed E-state index contributed by atoms with van der Waals surface area (Å²) in [5, 5.41) is 14.8. The van der Waals surface area contributed by atoms with Crippen LogP contribution in [0.2, 0.25) is 0 Å². The molecule has 2 amide bonds. The number of piperazine rings is 1. The zero-order valence-electron chi connectivity index (χ0n) is 32.8. The molecule has 6 heteroatoms. The van der Waals surface area contributed by atoms with Gasteiger partial charge in [0.2, 0.25) is 11.8 Å². The van der Waals surface area contributed by atoms with Gasteiger partial charge in [0, 0.05) is 38.1 Å². The van der Waals surface area contributed by atoms with Crippen molar-refractivity contribution in [2.45, 2.75) is 145 Å². The summed E-state index contributed by atoms with van der Waals surface area (Å²) < 4.78 is 0. The number of aliphatic hydroxyl groups excluding tert-OH is 1. The number of fused-ring (bicyclic) bond motifs is 7. The number of nitrogens with zero attached hydrogens (tertiary/aromatic N) is 2. The maximum Gasteiger partial charge on any atom is 0.226 e. The number of hydrogen-bond acceptors (Lipinski definition) is 4. The highest BCUT2D eigenvalue weighted by molar-refractivity contribution is 5.86. The lowest BCUT2D eigenvalue weighted by Crippen LogP contribution is -2.68. The lowest BCUT2D eigenvalue weighted by molar-refractivity contribution is -0.246. The summed E-state index contributed by atoms with van der Waals surface area (Å²) in [7, 11) is 0. The zero-order chi connectivity index (χ0) is 35.5. The molecule has 0 bridgehead atoms. The molecule has 0 unspecified atom stereocenters. The molecule has 0 aromatic rings. The van der Waals surface area contributed by atoms with E-state index in [9.17, 15) is 14.7 Å². The Morgan fingerprint density at radius 3 is 2.12 bits per heavy atom. The second-order valence-electron chi connectivity index (χ2n) is 20.6. The Morgan fingerprint density at radius 1 is 0.796 bits per heavy atom. The predicted molar refractivity (Wildman–Crippen MR) is 197 cm³/mol. The fourth-order valence-corrected chi connectivity index (χ4v) is 14.9. The Morgan fingerprint density at radius 2 is 1.49 bits per heavy atom. The van der Waals surface area contributed by atoms with E-state index in [0.29, 0.717) is 35.5 Å². The van der Waals surface area contributed by atoms with Gasteiger partial charge in [-0.2, -0.15) is 0 Å². The number of nitrogens with one attached hydrogen (secondary N) is 1. The molecule has 6 nitrogen and oxygen atoms in total. The minimum absolute atomic E-state index is 0.0155. The summed E-state index contributed by atoms with van der Waals surface area (Å²) in [6, 6.07) is 0.0478. The molecular weight excluding hydrogens is 606 g/mol. The highest BCUT2D eigenvalue weighted by Crippen LogP contribution is 2.77. The van der Waals surface area contributed by atoms with Gasteiger partial charge in [-0.15, -0.1) is 0 Å². The minimum Gasteiger partial charge on any atom is -0.393 e. The number of aliphatic hydroxyl groups is 1. The molecule has 7 rings (SSSR count). The summed E-state index contributed by atoms with van der Waals surface area (Å²) in [6.07, 6.45) is 11.7. The fraction of sp³-hybridized carbons (Fsp3) is 0.907. The van der Waals surface area contributed by atoms with Crippen LogP contribution in [0.25, 0.3) is 0 Å². The molecule has 0 aromatic carbocycles. The van der Waals surface area contributed by atoms with Gasteiger partial charge in [-0.1, -0.05) is 67.5 Å². The van der Waals surface area contributed by atoms with Crippen molar-refractivity contribution in [3.8, 4) is 0 Å². The maximum atomic E-state index is 14.9. The lowest BCUT2D eigenvalue weighted by atomic mass is 9.32. The average Bonchev–Trinajstić information content (AvgIpc) is 3.46. The Bertz CT molecular complexity index is 1350. The van der Waals surface area contributed by atoms with Crippen LogP contribution in [0.3, 0.4) is 0 Å². The van der Waals surface area contributed by atoms with Gasteiger partial charge in [-0.05, 0) is 141 Å². The highest BCUT2D eigenvalue weighted by Gasteiger charge is 2.72. The molecule has 6 aliphatic carbocycles. The smallest absolute Gasteiger partial charge is 0.226 e. The number of likely N-dealkylation sites (N-methyl/N-ethyl adjacent to an activating group) is 1. The van der Waals surface area contributed by atoms with Crippen molar-refractivity contribution in [1.29, 1.82) is 0 Å². The third-order valence-corrected chi connectivity index (χ3v) is 18.5. The van der Waals surface area contributed by atoms with Gasteiger partial charge in [0.25, 0.3) is 0 Å². The molecule has 276 valence electrons. The first-order valence-electron chi connectivity index (χ1n) is 20.5. The molecule has 49 heavy (non-hydrogen) atoms. The van der Waals surface area contributed by atoms with Gasteiger partial charge in [-0.25, -0.2) is 0 Å². The molecule has 2 N–H and O–H groups in total. The molecule has 0 aromatic heterocycles. The van der Waals surface area contributed by atoms with Gasteiger partial charge in [-0.3, -0.25) is 9.59 Å². The van der Waals surface area contributed by atoms with E-state index in [0.717, 1.165) is 77.7 Å². The van der Waals surface area contributed by atoms with Crippen LogP contribution in [0.1, 0.15) is 133 Å². The lowest BCUT2D eigenvalue weighted by Gasteiger charge is -2.72. The monoisotopic (exact) mass is 678 g/mol. The van der Waals surface area contributed by atoms with E-state index in [1.165, 1.54) is 31.3 Å². The Balaban J connectivity index is 1.12. The number of carbonyl (C=O) groups excluding carboxylic acids is 2. The van der Waals surface area contributed by atoms with Crippen molar-refractivity contribution in [2.24, 2.45) is 68.0 Å². The van der Waals surface area contributed by atoms with Crippen molar-refractivity contribution in [3.63, 3.8) is 0 Å². The summed E-state index contributed by atoms with van der Waals surface area (Å²) in [6.45, 7) is 30.6. The van der Waals surface area contributed by atoms with Crippen molar-refractivity contribution < 1.29 is 14.7 Å². The van der Waals surface area contributed by atoms with Crippen LogP contribution in [-0.2, 0) is 9.59 Å². The molecule has 7 aliphatic rings. The van der Waals surface area contributed by atoms with Crippen molar-refractivity contribution in [3.05, 3.63) is 12.2 Å². The summed E-state index contributed by atoms with van der Waals surface area (Å²) in [5.41, 5.74) is 1.33. The summed E-state index contributed by atoms with van der Waals surface area (Å²) in [4.78, 5) is 33.1. The molecule has 1 saturated heterocycles. The number of hydrogen-bond donors (Lipinski definition) is 2. The molecular formula is C43H71N3O3. The number of amides is 2. The van der Waals surface area contributed by atoms with Crippen molar-refractivity contribution in [2.75, 3.05) is 32.7 Å². The van der Waals surface area contributed by atoms with Crippen molar-refractivity contribution >= 4 is 11.8 Å². The fourth-order valence-electron chi connectivity index (χ4n) is 14.9. The standard InChI is InChI=1S/C43H71N3O3/c1-11-45-22-24-46(25-23-45)36(48)30-26-33(38(30,4)5)44-37(49)43-19-14-28(27(2)3)35(43)29-12-13-32-40(8)17-16-34(47)39(6,7)31(40)15-18-42(32,10)41(29,9)20-21-43/h28-35,47H,2,11-26H2,1,3-10H3,(H,44,49)/t28-,29+,30-,31-,32+,33-,34-,35+,40-,41+,42+,43-/m0/s1. The quantitative estimate of drug-likeness (QED) is 0.293. The second kappa shape index (κ2) is 11.8. The molecule has 7 fully saturated rings. The molecule has 6 saturated carbocycles. The second-order valence-corrected chi connectivity index (χ2v) is 20.6. The van der Waals surface area contributed by atoms with Gasteiger partial charge < -0.3 is 20.2 Å². The minimum atomic E-state index is -0.337. The van der Waals surface area contributed by atoms with Crippen molar-refractivity contribution in [1.82, 2.24) is 15.1 Å². The predicted octanol–water partition coefficient (Wildman–Crippen LogP) is 7.70. The first-order chi connectivity index (χ1) is 22.9. The Kier molecular flexibility index (Phi) is 8.67. The van der Waals surface area contributed by atoms with Crippen LogP contribution in [0.5, 0.6) is 0 Å². The molecule has 12 atom stereocenters. The van der Waals surface area contributed by atoms with Crippen LogP contribution in [0.4, 0.5) is 0 Å². The van der Waals surface area contributed by atoms with Gasteiger partial charge in [0.1, 0.15) is 0 Å². The third-order valence-electron chi connectivity index (χ3n) is 18.5. The number of rotatable bonds is 5. The molecule has 1 aliphatic heterocycles. The summed E-state index contributed by atoms with van der Waals surface area (Å²) >= 11 is 0. The first-order valence-corrected chi connectivity index (χ1v) is 20.5.